The van der Waals surface area contributed by atoms with E-state index in [0.717, 1.165) is 10.9 Å². The molecule has 0 N–H and O–H groups in total. The Morgan fingerprint density at radius 1 is 1.00 bits per heavy atom. The first-order chi connectivity index (χ1) is 8.29. The number of hydrogen-bond donors (Lipinski definition) is 0. The van der Waals surface area contributed by atoms with E-state index in [2.05, 4.69) is 15.9 Å². The maximum atomic E-state index is 12.2. The smallest absolute Gasteiger partial charge is 0.200 e. The molecule has 0 unspecified atom stereocenters. The Hall–Kier alpha value is -1.61. The summed E-state index contributed by atoms with van der Waals surface area (Å²) in [5, 5.41) is 2.01. The molecule has 0 spiro atoms. The summed E-state index contributed by atoms with van der Waals surface area (Å²) >= 11 is 3.39. The van der Waals surface area contributed by atoms with Crippen LogP contribution in [0.1, 0.15) is 5.56 Å². The summed E-state index contributed by atoms with van der Waals surface area (Å²) in [7, 11) is 0. The van der Waals surface area contributed by atoms with E-state index in [0.29, 0.717) is 21.9 Å². The highest BCUT2D eigenvalue weighted by atomic mass is 79.9. The van der Waals surface area contributed by atoms with E-state index in [9.17, 15) is 4.79 Å². The van der Waals surface area contributed by atoms with E-state index in [4.69, 9.17) is 4.42 Å². The molecule has 2 aromatic carbocycles. The Bertz CT molecular complexity index is 759. The minimum absolute atomic E-state index is 0.0305. The fourth-order valence-electron chi connectivity index (χ4n) is 1.93. The van der Waals surface area contributed by atoms with Crippen molar-refractivity contribution in [1.29, 1.82) is 0 Å². The lowest BCUT2D eigenvalue weighted by Crippen LogP contribution is -2.01. The number of halogens is 1. The van der Waals surface area contributed by atoms with Crippen molar-refractivity contribution in [3.05, 3.63) is 58.3 Å². The van der Waals surface area contributed by atoms with Crippen molar-refractivity contribution in [2.24, 2.45) is 0 Å². The van der Waals surface area contributed by atoms with Gasteiger partial charge in [-0.3, -0.25) is 4.79 Å². The Kier molecular flexibility index (Phi) is 2.48. The fourth-order valence-corrected chi connectivity index (χ4v) is 2.28. The average molecular weight is 289 g/mol. The van der Waals surface area contributed by atoms with Gasteiger partial charge in [-0.2, -0.15) is 0 Å². The first-order valence-corrected chi connectivity index (χ1v) is 6.42. The molecule has 0 atom stereocenters. The predicted molar refractivity (Wildman–Crippen MR) is 72.6 cm³/mol. The zero-order chi connectivity index (χ0) is 11.8. The lowest BCUT2D eigenvalue weighted by Gasteiger charge is -2.02. The van der Waals surface area contributed by atoms with Crippen molar-refractivity contribution in [1.82, 2.24) is 0 Å². The minimum Gasteiger partial charge on any atom is -0.456 e. The van der Waals surface area contributed by atoms with Gasteiger partial charge < -0.3 is 4.42 Å². The molecule has 0 aliphatic carbocycles. The molecule has 0 bridgehead atoms. The third-order valence-corrected chi connectivity index (χ3v) is 3.44. The maximum Gasteiger partial charge on any atom is 0.200 e. The molecule has 2 nitrogen and oxygen atoms in total. The van der Waals surface area contributed by atoms with Gasteiger partial charge in [0.1, 0.15) is 11.2 Å². The average Bonchev–Trinajstić information content (AvgIpc) is 2.38. The van der Waals surface area contributed by atoms with E-state index in [1.807, 2.05) is 36.4 Å². The zero-order valence-corrected chi connectivity index (χ0v) is 10.5. The molecule has 3 rings (SSSR count). The molecule has 0 radical (unpaired) electrons. The zero-order valence-electron chi connectivity index (χ0n) is 8.94. The van der Waals surface area contributed by atoms with Crippen LogP contribution < -0.4 is 5.43 Å². The van der Waals surface area contributed by atoms with E-state index in [-0.39, 0.29) is 5.43 Å². The van der Waals surface area contributed by atoms with Crippen molar-refractivity contribution < 1.29 is 4.42 Å². The standard InChI is InChI=1S/C14H9BrO2/c15-8-9-5-6-11-13(7-9)17-12-4-2-1-3-10(12)14(11)16/h1-7H,8H2. The molecule has 0 aliphatic rings. The van der Waals surface area contributed by atoms with Gasteiger partial charge in [-0.05, 0) is 29.8 Å². The summed E-state index contributed by atoms with van der Waals surface area (Å²) in [6.07, 6.45) is 0. The van der Waals surface area contributed by atoms with Crippen molar-refractivity contribution in [2.45, 2.75) is 5.33 Å². The summed E-state index contributed by atoms with van der Waals surface area (Å²) in [5.74, 6) is 0. The van der Waals surface area contributed by atoms with Crippen LogP contribution >= 0.6 is 15.9 Å². The van der Waals surface area contributed by atoms with Gasteiger partial charge in [0.2, 0.25) is 5.43 Å². The van der Waals surface area contributed by atoms with Gasteiger partial charge in [0.15, 0.2) is 0 Å². The fraction of sp³-hybridized carbons (Fsp3) is 0.0714. The van der Waals surface area contributed by atoms with Gasteiger partial charge in [-0.1, -0.05) is 34.1 Å². The van der Waals surface area contributed by atoms with E-state index < -0.39 is 0 Å². The van der Waals surface area contributed by atoms with Gasteiger partial charge in [-0.25, -0.2) is 0 Å². The van der Waals surface area contributed by atoms with Crippen molar-refractivity contribution in [3.8, 4) is 0 Å². The highest BCUT2D eigenvalue weighted by Gasteiger charge is 2.07. The number of rotatable bonds is 1. The highest BCUT2D eigenvalue weighted by molar-refractivity contribution is 9.08. The Labute approximate surface area is 106 Å². The number of fused-ring (bicyclic) bond motifs is 2. The molecule has 1 heterocycles. The van der Waals surface area contributed by atoms with Crippen LogP contribution in [0, 0.1) is 0 Å². The molecule has 1 aromatic heterocycles. The van der Waals surface area contributed by atoms with E-state index in [1.165, 1.54) is 0 Å². The SMILES string of the molecule is O=c1c2ccccc2oc2cc(CBr)ccc12. The van der Waals surface area contributed by atoms with Crippen LogP contribution in [0.15, 0.2) is 51.7 Å². The lowest BCUT2D eigenvalue weighted by molar-refractivity contribution is 0.659. The Balaban J connectivity index is 2.50. The van der Waals surface area contributed by atoms with Gasteiger partial charge in [0, 0.05) is 5.33 Å². The molecular formula is C14H9BrO2. The lowest BCUT2D eigenvalue weighted by atomic mass is 10.1. The summed E-state index contributed by atoms with van der Waals surface area (Å²) in [4.78, 5) is 12.2. The number of hydrogen-bond acceptors (Lipinski definition) is 2. The highest BCUT2D eigenvalue weighted by Crippen LogP contribution is 2.20. The number of benzene rings is 2. The third kappa shape index (κ3) is 1.67. The third-order valence-electron chi connectivity index (χ3n) is 2.80. The maximum absolute atomic E-state index is 12.2. The Morgan fingerprint density at radius 2 is 1.76 bits per heavy atom. The first-order valence-electron chi connectivity index (χ1n) is 5.30. The second-order valence-corrected chi connectivity index (χ2v) is 4.45. The van der Waals surface area contributed by atoms with Crippen LogP contribution in [0.25, 0.3) is 21.9 Å². The summed E-state index contributed by atoms with van der Waals surface area (Å²) in [6.45, 7) is 0. The van der Waals surface area contributed by atoms with Crippen molar-refractivity contribution in [3.63, 3.8) is 0 Å². The molecule has 84 valence electrons. The molecule has 0 fully saturated rings. The van der Waals surface area contributed by atoms with Gasteiger partial charge in [0.05, 0.1) is 10.8 Å². The molecular weight excluding hydrogens is 280 g/mol. The number of alkyl halides is 1. The second-order valence-electron chi connectivity index (χ2n) is 3.89. The van der Waals surface area contributed by atoms with Crippen molar-refractivity contribution >= 4 is 37.9 Å². The van der Waals surface area contributed by atoms with Crippen LogP contribution in [-0.2, 0) is 5.33 Å². The van der Waals surface area contributed by atoms with Gasteiger partial charge >= 0.3 is 0 Å². The monoisotopic (exact) mass is 288 g/mol. The molecule has 0 aliphatic heterocycles. The second kappa shape index (κ2) is 4.00. The van der Waals surface area contributed by atoms with Crippen molar-refractivity contribution in [2.75, 3.05) is 0 Å². The molecule has 17 heavy (non-hydrogen) atoms. The quantitative estimate of drug-likeness (QED) is 0.503. The number of para-hydroxylation sites is 1. The van der Waals surface area contributed by atoms with Crippen LogP contribution in [0.3, 0.4) is 0 Å². The van der Waals surface area contributed by atoms with E-state index in [1.54, 1.807) is 6.07 Å². The topological polar surface area (TPSA) is 30.2 Å². The van der Waals surface area contributed by atoms with Crippen LogP contribution in [-0.4, -0.2) is 0 Å². The molecule has 3 heteroatoms. The molecule has 0 saturated heterocycles. The minimum atomic E-state index is 0.0305. The summed E-state index contributed by atoms with van der Waals surface area (Å²) in [6, 6.07) is 13.0. The predicted octanol–water partition coefficient (Wildman–Crippen LogP) is 3.84. The van der Waals surface area contributed by atoms with Gasteiger partial charge in [-0.15, -0.1) is 0 Å². The molecule has 0 amide bonds. The van der Waals surface area contributed by atoms with Crippen LogP contribution in [0.2, 0.25) is 0 Å². The normalized spacial score (nSPS) is 11.1. The summed E-state index contributed by atoms with van der Waals surface area (Å²) in [5.41, 5.74) is 2.40. The summed E-state index contributed by atoms with van der Waals surface area (Å²) < 4.78 is 5.75. The van der Waals surface area contributed by atoms with Crippen LogP contribution in [0.5, 0.6) is 0 Å². The van der Waals surface area contributed by atoms with Crippen LogP contribution in [0.4, 0.5) is 0 Å². The van der Waals surface area contributed by atoms with Gasteiger partial charge in [0.25, 0.3) is 0 Å². The first kappa shape index (κ1) is 10.5. The Morgan fingerprint density at radius 3 is 2.59 bits per heavy atom. The molecule has 0 saturated carbocycles. The van der Waals surface area contributed by atoms with E-state index >= 15 is 0 Å². The molecule has 3 aromatic rings. The largest absolute Gasteiger partial charge is 0.456 e.